The average molecular weight is 280 g/mol. The van der Waals surface area contributed by atoms with E-state index in [-0.39, 0.29) is 6.61 Å². The van der Waals surface area contributed by atoms with Crippen molar-refractivity contribution < 1.29 is 9.92 Å². The fraction of sp³-hybridized carbons (Fsp3) is 0.273. The van der Waals surface area contributed by atoms with E-state index in [4.69, 9.17) is 0 Å². The first-order chi connectivity index (χ1) is 9.15. The minimum atomic E-state index is -0.785. The quantitative estimate of drug-likeness (QED) is 0.645. The number of hydrogen-bond acceptors (Lipinski definition) is 7. The molecule has 0 radical (unpaired) electrons. The predicted octanol–water partition coefficient (Wildman–Crippen LogP) is 2.34. The van der Waals surface area contributed by atoms with Gasteiger partial charge < -0.3 is 10.2 Å². The standard InChI is InChI=1S/C11H12N4O3S/c1-8-10(4-7-18-15(16)17)19-11(13-8)14-9-2-5-12-6-3-9/h2-3,5-6H,4,7H2,1H3,(H,12,13,14). The van der Waals surface area contributed by atoms with Crippen molar-refractivity contribution in [2.75, 3.05) is 11.9 Å². The Morgan fingerprint density at radius 3 is 2.89 bits per heavy atom. The molecule has 0 saturated carbocycles. The minimum Gasteiger partial charge on any atom is -0.331 e. The molecule has 0 fully saturated rings. The van der Waals surface area contributed by atoms with Crippen LogP contribution in [0.5, 0.6) is 0 Å². The topological polar surface area (TPSA) is 90.2 Å². The highest BCUT2D eigenvalue weighted by molar-refractivity contribution is 7.15. The van der Waals surface area contributed by atoms with Crippen molar-refractivity contribution in [1.29, 1.82) is 0 Å². The third-order valence-corrected chi connectivity index (χ3v) is 3.48. The van der Waals surface area contributed by atoms with Crippen molar-refractivity contribution in [3.63, 3.8) is 0 Å². The molecule has 7 nitrogen and oxygen atoms in total. The lowest BCUT2D eigenvalue weighted by Gasteiger charge is -2.00. The first-order valence-electron chi connectivity index (χ1n) is 5.56. The Kier molecular flexibility index (Phi) is 4.24. The smallest absolute Gasteiger partial charge is 0.294 e. The molecule has 2 heterocycles. The highest BCUT2D eigenvalue weighted by Crippen LogP contribution is 2.25. The molecule has 2 rings (SSSR count). The van der Waals surface area contributed by atoms with Crippen LogP contribution in [-0.4, -0.2) is 21.7 Å². The molecule has 0 bridgehead atoms. The summed E-state index contributed by atoms with van der Waals surface area (Å²) in [5.74, 6) is 0. The van der Waals surface area contributed by atoms with E-state index in [1.165, 1.54) is 11.3 Å². The number of hydrogen-bond donors (Lipinski definition) is 1. The summed E-state index contributed by atoms with van der Waals surface area (Å²) in [6.45, 7) is 1.92. The maximum atomic E-state index is 10.1. The molecule has 8 heteroatoms. The van der Waals surface area contributed by atoms with Crippen molar-refractivity contribution in [1.82, 2.24) is 9.97 Å². The van der Waals surface area contributed by atoms with Crippen molar-refractivity contribution in [3.05, 3.63) is 45.2 Å². The molecule has 0 unspecified atom stereocenters. The Balaban J connectivity index is 1.98. The van der Waals surface area contributed by atoms with E-state index in [2.05, 4.69) is 20.1 Å². The predicted molar refractivity (Wildman–Crippen MR) is 71.0 cm³/mol. The Labute approximate surface area is 113 Å². The number of aryl methyl sites for hydroxylation is 1. The minimum absolute atomic E-state index is 0.0464. The van der Waals surface area contributed by atoms with Crippen molar-refractivity contribution in [2.45, 2.75) is 13.3 Å². The summed E-state index contributed by atoms with van der Waals surface area (Å²) in [6.07, 6.45) is 3.85. The van der Waals surface area contributed by atoms with E-state index in [9.17, 15) is 10.1 Å². The zero-order chi connectivity index (χ0) is 13.7. The van der Waals surface area contributed by atoms with Crippen LogP contribution in [-0.2, 0) is 11.3 Å². The van der Waals surface area contributed by atoms with Gasteiger partial charge in [-0.2, -0.15) is 0 Å². The zero-order valence-corrected chi connectivity index (χ0v) is 11.0. The lowest BCUT2D eigenvalue weighted by atomic mass is 10.3. The van der Waals surface area contributed by atoms with Gasteiger partial charge in [-0.1, -0.05) is 0 Å². The fourth-order valence-electron chi connectivity index (χ4n) is 1.49. The van der Waals surface area contributed by atoms with Crippen molar-refractivity contribution >= 4 is 22.2 Å². The second kappa shape index (κ2) is 6.10. The summed E-state index contributed by atoms with van der Waals surface area (Å²) >= 11 is 1.46. The molecular weight excluding hydrogens is 268 g/mol. The highest BCUT2D eigenvalue weighted by Gasteiger charge is 2.08. The van der Waals surface area contributed by atoms with Gasteiger partial charge in [0.2, 0.25) is 0 Å². The molecule has 100 valence electrons. The van der Waals surface area contributed by atoms with Crippen LogP contribution < -0.4 is 5.32 Å². The molecular formula is C11H12N4O3S. The Hall–Kier alpha value is -2.22. The number of nitrogens with one attached hydrogen (secondary N) is 1. The van der Waals surface area contributed by atoms with E-state index in [1.807, 2.05) is 19.1 Å². The molecule has 2 aromatic rings. The van der Waals surface area contributed by atoms with Gasteiger partial charge in [0.25, 0.3) is 5.09 Å². The Bertz CT molecular complexity index is 558. The summed E-state index contributed by atoms with van der Waals surface area (Å²) in [7, 11) is 0. The Morgan fingerprint density at radius 1 is 1.47 bits per heavy atom. The van der Waals surface area contributed by atoms with E-state index >= 15 is 0 Å². The molecule has 1 N–H and O–H groups in total. The first kappa shape index (κ1) is 13.2. The van der Waals surface area contributed by atoms with Crippen molar-refractivity contribution in [3.8, 4) is 0 Å². The van der Waals surface area contributed by atoms with Crippen LogP contribution >= 0.6 is 11.3 Å². The van der Waals surface area contributed by atoms with Gasteiger partial charge in [0.15, 0.2) is 5.13 Å². The second-order valence-electron chi connectivity index (χ2n) is 3.70. The van der Waals surface area contributed by atoms with Gasteiger partial charge in [0, 0.05) is 29.4 Å². The molecule has 2 aromatic heterocycles. The van der Waals surface area contributed by atoms with E-state index in [0.717, 1.165) is 21.4 Å². The first-order valence-corrected chi connectivity index (χ1v) is 6.37. The number of nitrogens with zero attached hydrogens (tertiary/aromatic N) is 3. The number of pyridine rings is 1. The molecule has 0 aliphatic heterocycles. The number of aromatic nitrogens is 2. The fourth-order valence-corrected chi connectivity index (χ4v) is 2.45. The normalized spacial score (nSPS) is 10.2. The number of thiazole rings is 1. The van der Waals surface area contributed by atoms with Crippen LogP contribution in [0.2, 0.25) is 0 Å². The maximum absolute atomic E-state index is 10.1. The largest absolute Gasteiger partial charge is 0.331 e. The van der Waals surface area contributed by atoms with Crippen LogP contribution in [0.4, 0.5) is 10.8 Å². The van der Waals surface area contributed by atoms with Crippen LogP contribution in [0.3, 0.4) is 0 Å². The van der Waals surface area contributed by atoms with Gasteiger partial charge in [0.1, 0.15) is 6.61 Å². The zero-order valence-electron chi connectivity index (χ0n) is 10.2. The molecule has 0 saturated heterocycles. The third-order valence-electron chi connectivity index (χ3n) is 2.35. The molecule has 19 heavy (non-hydrogen) atoms. The molecule has 0 aliphatic rings. The van der Waals surface area contributed by atoms with Crippen LogP contribution in [0.15, 0.2) is 24.5 Å². The summed E-state index contributed by atoms with van der Waals surface area (Å²) in [6, 6.07) is 3.68. The average Bonchev–Trinajstić information content (AvgIpc) is 2.70. The van der Waals surface area contributed by atoms with E-state index in [0.29, 0.717) is 6.42 Å². The van der Waals surface area contributed by atoms with Gasteiger partial charge in [-0.25, -0.2) is 4.98 Å². The van der Waals surface area contributed by atoms with Gasteiger partial charge in [-0.15, -0.1) is 21.5 Å². The molecule has 0 aliphatic carbocycles. The van der Waals surface area contributed by atoms with E-state index < -0.39 is 5.09 Å². The maximum Gasteiger partial charge on any atom is 0.294 e. The van der Waals surface area contributed by atoms with Gasteiger partial charge in [0.05, 0.1) is 5.69 Å². The van der Waals surface area contributed by atoms with Crippen molar-refractivity contribution in [2.24, 2.45) is 0 Å². The summed E-state index contributed by atoms with van der Waals surface area (Å²) < 4.78 is 0. The van der Waals surface area contributed by atoms with Crippen LogP contribution in [0, 0.1) is 17.0 Å². The van der Waals surface area contributed by atoms with Crippen LogP contribution in [0.1, 0.15) is 10.6 Å². The molecule has 0 spiro atoms. The second-order valence-corrected chi connectivity index (χ2v) is 4.78. The number of rotatable bonds is 6. The molecule has 0 amide bonds. The SMILES string of the molecule is Cc1nc(Nc2ccncc2)sc1CCO[N+](=O)[O-]. The summed E-state index contributed by atoms with van der Waals surface area (Å²) in [5, 5.41) is 13.2. The van der Waals surface area contributed by atoms with Gasteiger partial charge >= 0.3 is 0 Å². The molecule has 0 aromatic carbocycles. The van der Waals surface area contributed by atoms with Gasteiger partial charge in [-0.05, 0) is 19.1 Å². The molecule has 0 atom stereocenters. The lowest BCUT2D eigenvalue weighted by Crippen LogP contribution is -2.04. The number of anilines is 2. The third kappa shape index (κ3) is 3.88. The summed E-state index contributed by atoms with van der Waals surface area (Å²) in [5.41, 5.74) is 1.75. The monoisotopic (exact) mass is 280 g/mol. The van der Waals surface area contributed by atoms with Crippen LogP contribution in [0.25, 0.3) is 0 Å². The van der Waals surface area contributed by atoms with E-state index in [1.54, 1.807) is 12.4 Å². The Morgan fingerprint density at radius 2 is 2.21 bits per heavy atom. The van der Waals surface area contributed by atoms with Gasteiger partial charge in [-0.3, -0.25) is 4.98 Å². The summed E-state index contributed by atoms with van der Waals surface area (Å²) in [4.78, 5) is 23.6. The highest BCUT2D eigenvalue weighted by atomic mass is 32.1. The lowest BCUT2D eigenvalue weighted by molar-refractivity contribution is -0.757.